The molecule has 0 amide bonds. The summed E-state index contributed by atoms with van der Waals surface area (Å²) in [6, 6.07) is 17.8. The molecule has 2 heteroatoms. The highest BCUT2D eigenvalue weighted by molar-refractivity contribution is 5.84. The Morgan fingerprint density at radius 1 is 0.558 bits per heavy atom. The van der Waals surface area contributed by atoms with Gasteiger partial charge in [-0.3, -0.25) is 0 Å². The number of hydrogen-bond acceptors (Lipinski definition) is 0. The van der Waals surface area contributed by atoms with E-state index in [0.717, 1.165) is 61.0 Å². The van der Waals surface area contributed by atoms with Crippen molar-refractivity contribution in [1.82, 2.24) is 0 Å². The lowest BCUT2D eigenvalue weighted by molar-refractivity contribution is -0.345. The Morgan fingerprint density at radius 2 is 1.05 bits per heavy atom. The quantitative estimate of drug-likeness (QED) is 0.0977. The second-order valence-electron chi connectivity index (χ2n) is 12.6. The SMILES string of the molecule is CCCCCCCCCCCC=CC1=C(c2cccc(CCCC)c2)[N+](=[N-])C(c2cccc(CCCC)c2)=C1CCCC. The molecule has 0 atom stereocenters. The normalized spacial score (nSPS) is 13.7. The zero-order chi connectivity index (χ0) is 30.7. The number of benzene rings is 2. The van der Waals surface area contributed by atoms with Crippen LogP contribution < -0.4 is 0 Å². The van der Waals surface area contributed by atoms with Gasteiger partial charge in [-0.05, 0) is 86.8 Å². The first kappa shape index (κ1) is 34.7. The average Bonchev–Trinajstić information content (AvgIpc) is 3.31. The molecule has 1 heterocycles. The first-order valence-corrected chi connectivity index (χ1v) is 18.0. The van der Waals surface area contributed by atoms with Gasteiger partial charge in [-0.15, -0.1) is 0 Å². The molecule has 43 heavy (non-hydrogen) atoms. The van der Waals surface area contributed by atoms with Crippen LogP contribution in [0, 0.1) is 0 Å². The first-order valence-electron chi connectivity index (χ1n) is 18.0. The standard InChI is InChI=1S/C41H60N2/c1-5-9-13-14-15-16-17-18-19-20-21-31-39-38(30-12-8-4)40(36-28-22-26-34(32-36)24-10-6-2)43(42)41(39)37-29-23-27-35(33-37)25-11-7-3/h21-23,26-29,31-33H,5-20,24-25,30H2,1-4H3. The zero-order valence-corrected chi connectivity index (χ0v) is 28.1. The van der Waals surface area contributed by atoms with E-state index in [9.17, 15) is 5.53 Å². The van der Waals surface area contributed by atoms with Crippen molar-refractivity contribution in [1.29, 1.82) is 0 Å². The van der Waals surface area contributed by atoms with Crippen LogP contribution in [0.4, 0.5) is 0 Å². The Hall–Kier alpha value is -2.74. The third-order valence-corrected chi connectivity index (χ3v) is 8.87. The van der Waals surface area contributed by atoms with Crippen molar-refractivity contribution in [2.75, 3.05) is 0 Å². The number of aryl methyl sites for hydroxylation is 2. The number of allylic oxidation sites excluding steroid dienone is 4. The summed E-state index contributed by atoms with van der Waals surface area (Å²) < 4.78 is 1.53. The molecule has 0 saturated heterocycles. The Labute approximate surface area is 264 Å². The number of unbranched alkanes of at least 4 members (excludes halogenated alkanes) is 12. The fourth-order valence-corrected chi connectivity index (χ4v) is 6.27. The van der Waals surface area contributed by atoms with E-state index in [0.29, 0.717) is 0 Å². The molecular weight excluding hydrogens is 520 g/mol. The summed E-state index contributed by atoms with van der Waals surface area (Å²) in [4.78, 5) is 0. The van der Waals surface area contributed by atoms with Crippen LogP contribution in [0.25, 0.3) is 16.9 Å². The largest absolute Gasteiger partial charge is 0.493 e. The van der Waals surface area contributed by atoms with Gasteiger partial charge in [0.2, 0.25) is 11.4 Å². The summed E-state index contributed by atoms with van der Waals surface area (Å²) in [5.41, 5.74) is 21.3. The number of nitrogens with zero attached hydrogens (tertiary/aromatic N) is 2. The van der Waals surface area contributed by atoms with Crippen molar-refractivity contribution >= 4 is 11.4 Å². The van der Waals surface area contributed by atoms with Crippen LogP contribution in [0.3, 0.4) is 0 Å². The van der Waals surface area contributed by atoms with Crippen molar-refractivity contribution in [3.05, 3.63) is 99.6 Å². The minimum Gasteiger partial charge on any atom is -0.493 e. The molecule has 0 radical (unpaired) electrons. The molecule has 2 aromatic carbocycles. The van der Waals surface area contributed by atoms with Crippen LogP contribution in [-0.2, 0) is 12.8 Å². The zero-order valence-electron chi connectivity index (χ0n) is 28.1. The van der Waals surface area contributed by atoms with Gasteiger partial charge in [0.25, 0.3) is 0 Å². The maximum absolute atomic E-state index is 12.0. The average molecular weight is 581 g/mol. The fourth-order valence-electron chi connectivity index (χ4n) is 6.27. The van der Waals surface area contributed by atoms with E-state index in [2.05, 4.69) is 88.4 Å². The molecule has 2 nitrogen and oxygen atoms in total. The molecule has 0 fully saturated rings. The molecule has 1 aliphatic rings. The molecule has 0 bridgehead atoms. The third-order valence-electron chi connectivity index (χ3n) is 8.87. The number of rotatable bonds is 22. The Balaban J connectivity index is 1.89. The molecule has 3 rings (SSSR count). The van der Waals surface area contributed by atoms with E-state index < -0.39 is 0 Å². The van der Waals surface area contributed by atoms with Crippen molar-refractivity contribution in [2.24, 2.45) is 0 Å². The van der Waals surface area contributed by atoms with Crippen LogP contribution in [-0.4, -0.2) is 4.70 Å². The monoisotopic (exact) mass is 580 g/mol. The molecule has 0 aliphatic carbocycles. The van der Waals surface area contributed by atoms with Crippen molar-refractivity contribution in [3.63, 3.8) is 0 Å². The highest BCUT2D eigenvalue weighted by atomic mass is 15.2. The summed E-state index contributed by atoms with van der Waals surface area (Å²) in [5, 5.41) is 0. The van der Waals surface area contributed by atoms with Gasteiger partial charge in [-0.1, -0.05) is 135 Å². The molecular formula is C41H60N2. The summed E-state index contributed by atoms with van der Waals surface area (Å²) >= 11 is 0. The van der Waals surface area contributed by atoms with Crippen LogP contribution >= 0.6 is 0 Å². The molecule has 0 saturated carbocycles. The van der Waals surface area contributed by atoms with Gasteiger partial charge < -0.3 is 5.53 Å². The first-order chi connectivity index (χ1) is 21.1. The fraction of sp³-hybridized carbons (Fsp3) is 0.561. The maximum atomic E-state index is 12.0. The Morgan fingerprint density at radius 3 is 1.60 bits per heavy atom. The van der Waals surface area contributed by atoms with E-state index >= 15 is 0 Å². The van der Waals surface area contributed by atoms with Gasteiger partial charge in [0.1, 0.15) is 0 Å². The van der Waals surface area contributed by atoms with E-state index in [1.165, 1.54) is 110 Å². The predicted molar refractivity (Wildman–Crippen MR) is 188 cm³/mol. The van der Waals surface area contributed by atoms with Crippen LogP contribution in [0.15, 0.2) is 71.8 Å². The van der Waals surface area contributed by atoms with Gasteiger partial charge >= 0.3 is 0 Å². The minimum absolute atomic E-state index is 0.946. The molecule has 1 aliphatic heterocycles. The summed E-state index contributed by atoms with van der Waals surface area (Å²) in [7, 11) is 0. The smallest absolute Gasteiger partial charge is 0.215 e. The predicted octanol–water partition coefficient (Wildman–Crippen LogP) is 13.2. The van der Waals surface area contributed by atoms with E-state index in [1.54, 1.807) is 0 Å². The lowest BCUT2D eigenvalue weighted by Crippen LogP contribution is -2.03. The van der Waals surface area contributed by atoms with Gasteiger partial charge in [-0.2, -0.15) is 0 Å². The van der Waals surface area contributed by atoms with E-state index in [4.69, 9.17) is 0 Å². The van der Waals surface area contributed by atoms with Crippen LogP contribution in [0.1, 0.15) is 159 Å². The molecule has 0 N–H and O–H groups in total. The summed E-state index contributed by atoms with van der Waals surface area (Å²) in [6.07, 6.45) is 28.1. The lowest BCUT2D eigenvalue weighted by Gasteiger charge is -2.11. The minimum atomic E-state index is 0.946. The van der Waals surface area contributed by atoms with Gasteiger partial charge in [0.15, 0.2) is 0 Å². The van der Waals surface area contributed by atoms with Crippen LogP contribution in [0.2, 0.25) is 0 Å². The topological polar surface area (TPSA) is 25.3 Å². The van der Waals surface area contributed by atoms with Crippen LogP contribution in [0.5, 0.6) is 0 Å². The second-order valence-corrected chi connectivity index (χ2v) is 12.6. The summed E-state index contributed by atoms with van der Waals surface area (Å²) in [6.45, 7) is 9.05. The summed E-state index contributed by atoms with van der Waals surface area (Å²) in [5.74, 6) is 0. The maximum Gasteiger partial charge on any atom is 0.215 e. The second kappa shape index (κ2) is 20.3. The molecule has 0 spiro atoms. The van der Waals surface area contributed by atoms with E-state index in [1.807, 2.05) is 0 Å². The molecule has 0 unspecified atom stereocenters. The Bertz CT molecular complexity index is 1210. The highest BCUT2D eigenvalue weighted by Crippen LogP contribution is 2.43. The highest BCUT2D eigenvalue weighted by Gasteiger charge is 2.34. The number of hydrogen-bond donors (Lipinski definition) is 0. The van der Waals surface area contributed by atoms with Gasteiger partial charge in [-0.25, -0.2) is 4.70 Å². The third kappa shape index (κ3) is 11.0. The van der Waals surface area contributed by atoms with Crippen molar-refractivity contribution in [3.8, 4) is 0 Å². The lowest BCUT2D eigenvalue weighted by atomic mass is 9.93. The molecule has 234 valence electrons. The molecule has 2 aromatic rings. The van der Waals surface area contributed by atoms with Gasteiger partial charge in [0, 0.05) is 16.7 Å². The Kier molecular flexibility index (Phi) is 16.4. The van der Waals surface area contributed by atoms with Crippen molar-refractivity contribution in [2.45, 2.75) is 150 Å². The van der Waals surface area contributed by atoms with Crippen molar-refractivity contribution < 1.29 is 4.70 Å². The molecule has 0 aromatic heterocycles. The van der Waals surface area contributed by atoms with Gasteiger partial charge in [0.05, 0.1) is 5.57 Å². The van der Waals surface area contributed by atoms with E-state index in [-0.39, 0.29) is 0 Å².